The molecule has 0 fully saturated rings. The van der Waals surface area contributed by atoms with Crippen molar-refractivity contribution in [3.05, 3.63) is 95.6 Å². The van der Waals surface area contributed by atoms with Gasteiger partial charge in [0.15, 0.2) is 0 Å². The van der Waals surface area contributed by atoms with Crippen LogP contribution in [0, 0.1) is 5.92 Å². The third-order valence-corrected chi connectivity index (χ3v) is 4.63. The Morgan fingerprint density at radius 1 is 0.774 bits per heavy atom. The molecule has 0 unspecified atom stereocenters. The molecule has 0 aliphatic rings. The van der Waals surface area contributed by atoms with Gasteiger partial charge in [-0.1, -0.05) is 62.4 Å². The van der Waals surface area contributed by atoms with Crippen LogP contribution < -0.4 is 16.0 Å². The second-order valence-electron chi connectivity index (χ2n) is 7.39. The summed E-state index contributed by atoms with van der Waals surface area (Å²) in [5.74, 6) is -0.946. The van der Waals surface area contributed by atoms with E-state index in [1.807, 2.05) is 30.3 Å². The van der Waals surface area contributed by atoms with Crippen LogP contribution in [0.15, 0.2) is 78.9 Å². The topological polar surface area (TPSA) is 87.3 Å². The highest BCUT2D eigenvalue weighted by Gasteiger charge is 2.15. The Balaban J connectivity index is 1.71. The molecule has 0 spiro atoms. The van der Waals surface area contributed by atoms with Crippen molar-refractivity contribution in [1.29, 1.82) is 0 Å². The lowest BCUT2D eigenvalue weighted by Gasteiger charge is -2.13. The van der Waals surface area contributed by atoms with Crippen LogP contribution in [0.3, 0.4) is 0 Å². The SMILES string of the molecule is CC(C)C(=O)Nc1cccc(C(=O)Nc2ccccc2C(=O)NCc2ccccc2)c1. The van der Waals surface area contributed by atoms with Crippen molar-refractivity contribution < 1.29 is 14.4 Å². The minimum atomic E-state index is -0.371. The smallest absolute Gasteiger partial charge is 0.255 e. The van der Waals surface area contributed by atoms with Crippen LogP contribution in [0.5, 0.6) is 0 Å². The van der Waals surface area contributed by atoms with Gasteiger partial charge in [-0.15, -0.1) is 0 Å². The number of hydrogen-bond acceptors (Lipinski definition) is 3. The van der Waals surface area contributed by atoms with E-state index in [1.54, 1.807) is 62.4 Å². The Hall–Kier alpha value is -3.93. The first-order valence-corrected chi connectivity index (χ1v) is 10.1. The molecule has 31 heavy (non-hydrogen) atoms. The molecule has 3 aromatic rings. The van der Waals surface area contributed by atoms with Gasteiger partial charge >= 0.3 is 0 Å². The van der Waals surface area contributed by atoms with E-state index in [9.17, 15) is 14.4 Å². The Labute approximate surface area is 181 Å². The maximum absolute atomic E-state index is 12.8. The number of anilines is 2. The molecule has 0 aromatic heterocycles. The Morgan fingerprint density at radius 2 is 1.48 bits per heavy atom. The fraction of sp³-hybridized carbons (Fsp3) is 0.160. The average Bonchev–Trinajstić information content (AvgIpc) is 2.78. The molecule has 0 saturated heterocycles. The number of rotatable bonds is 7. The van der Waals surface area contributed by atoms with E-state index in [0.29, 0.717) is 29.0 Å². The number of carbonyl (C=O) groups excluding carboxylic acids is 3. The van der Waals surface area contributed by atoms with Gasteiger partial charge in [0.1, 0.15) is 0 Å². The van der Waals surface area contributed by atoms with E-state index in [1.165, 1.54) is 0 Å². The highest BCUT2D eigenvalue weighted by molar-refractivity contribution is 6.09. The Morgan fingerprint density at radius 3 is 2.23 bits per heavy atom. The molecule has 0 saturated carbocycles. The summed E-state index contributed by atoms with van der Waals surface area (Å²) in [6, 6.07) is 23.1. The third-order valence-electron chi connectivity index (χ3n) is 4.63. The summed E-state index contributed by atoms with van der Waals surface area (Å²) in [6.07, 6.45) is 0. The number of amides is 3. The molecule has 0 aliphatic heterocycles. The zero-order valence-electron chi connectivity index (χ0n) is 17.5. The molecule has 0 bridgehead atoms. The molecule has 3 N–H and O–H groups in total. The predicted octanol–water partition coefficient (Wildman–Crippen LogP) is 4.46. The highest BCUT2D eigenvalue weighted by Crippen LogP contribution is 2.18. The molecule has 6 heteroatoms. The number of hydrogen-bond donors (Lipinski definition) is 3. The largest absolute Gasteiger partial charge is 0.348 e. The molecular formula is C25H25N3O3. The summed E-state index contributed by atoms with van der Waals surface area (Å²) >= 11 is 0. The van der Waals surface area contributed by atoms with Crippen LogP contribution in [0.25, 0.3) is 0 Å². The number of nitrogens with one attached hydrogen (secondary N) is 3. The second kappa shape index (κ2) is 10.2. The molecule has 3 amide bonds. The monoisotopic (exact) mass is 415 g/mol. The van der Waals surface area contributed by atoms with Gasteiger partial charge in [0.2, 0.25) is 5.91 Å². The van der Waals surface area contributed by atoms with Crippen LogP contribution in [-0.2, 0) is 11.3 Å². The lowest BCUT2D eigenvalue weighted by molar-refractivity contribution is -0.118. The fourth-order valence-corrected chi connectivity index (χ4v) is 2.88. The second-order valence-corrected chi connectivity index (χ2v) is 7.39. The predicted molar refractivity (Wildman–Crippen MR) is 122 cm³/mol. The lowest BCUT2D eigenvalue weighted by atomic mass is 10.1. The third kappa shape index (κ3) is 6.02. The lowest BCUT2D eigenvalue weighted by Crippen LogP contribution is -2.25. The first-order valence-electron chi connectivity index (χ1n) is 10.1. The van der Waals surface area contributed by atoms with E-state index >= 15 is 0 Å². The van der Waals surface area contributed by atoms with Gasteiger partial charge in [0.05, 0.1) is 11.3 Å². The standard InChI is InChI=1S/C25H25N3O3/c1-17(2)23(29)27-20-12-8-11-19(15-20)24(30)28-22-14-7-6-13-21(22)25(31)26-16-18-9-4-3-5-10-18/h3-15,17H,16H2,1-2H3,(H,26,31)(H,27,29)(H,28,30). The summed E-state index contributed by atoms with van der Waals surface area (Å²) in [5, 5.41) is 8.45. The highest BCUT2D eigenvalue weighted by atomic mass is 16.2. The maximum Gasteiger partial charge on any atom is 0.255 e. The summed E-state index contributed by atoms with van der Waals surface area (Å²) < 4.78 is 0. The number of benzene rings is 3. The van der Waals surface area contributed by atoms with Crippen molar-refractivity contribution in [3.8, 4) is 0 Å². The Kier molecular flexibility index (Phi) is 7.17. The van der Waals surface area contributed by atoms with Crippen molar-refractivity contribution in [2.24, 2.45) is 5.92 Å². The van der Waals surface area contributed by atoms with Crippen LogP contribution in [0.4, 0.5) is 11.4 Å². The quantitative estimate of drug-likeness (QED) is 0.532. The van der Waals surface area contributed by atoms with E-state index in [0.717, 1.165) is 5.56 Å². The average molecular weight is 415 g/mol. The summed E-state index contributed by atoms with van der Waals surface area (Å²) in [5.41, 5.74) is 2.68. The molecule has 0 aliphatic carbocycles. The molecular weight excluding hydrogens is 390 g/mol. The van der Waals surface area contributed by atoms with Gasteiger partial charge in [0.25, 0.3) is 11.8 Å². The molecule has 0 atom stereocenters. The van der Waals surface area contributed by atoms with Gasteiger partial charge in [-0.25, -0.2) is 0 Å². The summed E-state index contributed by atoms with van der Waals surface area (Å²) in [4.78, 5) is 37.4. The van der Waals surface area contributed by atoms with E-state index in [-0.39, 0.29) is 23.6 Å². The van der Waals surface area contributed by atoms with Gasteiger partial charge in [0, 0.05) is 23.7 Å². The molecule has 3 rings (SSSR count). The van der Waals surface area contributed by atoms with Crippen LogP contribution in [0.2, 0.25) is 0 Å². The molecule has 0 heterocycles. The Bertz CT molecular complexity index is 1080. The zero-order chi connectivity index (χ0) is 22.2. The molecule has 158 valence electrons. The minimum absolute atomic E-state index is 0.127. The van der Waals surface area contributed by atoms with E-state index in [4.69, 9.17) is 0 Å². The zero-order valence-corrected chi connectivity index (χ0v) is 17.5. The summed E-state index contributed by atoms with van der Waals surface area (Å²) in [6.45, 7) is 3.98. The van der Waals surface area contributed by atoms with Crippen molar-refractivity contribution >= 4 is 29.1 Å². The van der Waals surface area contributed by atoms with Crippen molar-refractivity contribution in [3.63, 3.8) is 0 Å². The van der Waals surface area contributed by atoms with Gasteiger partial charge < -0.3 is 16.0 Å². The maximum atomic E-state index is 12.8. The van der Waals surface area contributed by atoms with Gasteiger partial charge in [-0.2, -0.15) is 0 Å². The molecule has 0 radical (unpaired) electrons. The first kappa shape index (κ1) is 21.8. The number of carbonyl (C=O) groups is 3. The van der Waals surface area contributed by atoms with Crippen molar-refractivity contribution in [1.82, 2.24) is 5.32 Å². The van der Waals surface area contributed by atoms with Crippen molar-refractivity contribution in [2.75, 3.05) is 10.6 Å². The van der Waals surface area contributed by atoms with Crippen LogP contribution in [-0.4, -0.2) is 17.7 Å². The van der Waals surface area contributed by atoms with Crippen molar-refractivity contribution in [2.45, 2.75) is 20.4 Å². The number of para-hydroxylation sites is 1. The van der Waals surface area contributed by atoms with Gasteiger partial charge in [-0.3, -0.25) is 14.4 Å². The molecule has 6 nitrogen and oxygen atoms in total. The van der Waals surface area contributed by atoms with Crippen LogP contribution >= 0.6 is 0 Å². The van der Waals surface area contributed by atoms with E-state index in [2.05, 4.69) is 16.0 Å². The minimum Gasteiger partial charge on any atom is -0.348 e. The summed E-state index contributed by atoms with van der Waals surface area (Å²) in [7, 11) is 0. The van der Waals surface area contributed by atoms with E-state index < -0.39 is 0 Å². The normalized spacial score (nSPS) is 10.4. The fourth-order valence-electron chi connectivity index (χ4n) is 2.88. The van der Waals surface area contributed by atoms with Gasteiger partial charge in [-0.05, 0) is 35.9 Å². The molecule has 3 aromatic carbocycles. The first-order chi connectivity index (χ1) is 14.9. The van der Waals surface area contributed by atoms with Crippen LogP contribution in [0.1, 0.15) is 40.1 Å².